The van der Waals surface area contributed by atoms with Gasteiger partial charge in [-0.25, -0.2) is 0 Å². The lowest BCUT2D eigenvalue weighted by Gasteiger charge is -2.50. The number of rotatable bonds is 5. The maximum atomic E-state index is 8.68. The van der Waals surface area contributed by atoms with E-state index in [1.54, 1.807) is 0 Å². The molecule has 1 atom stereocenters. The van der Waals surface area contributed by atoms with E-state index in [1.165, 1.54) is 19.3 Å². The zero-order valence-corrected chi connectivity index (χ0v) is 10.5. The molecule has 15 heavy (non-hydrogen) atoms. The Labute approximate surface area is 93.7 Å². The molecule has 0 aromatic heterocycles. The van der Waals surface area contributed by atoms with Crippen molar-refractivity contribution in [2.45, 2.75) is 44.2 Å². The molecule has 0 aliphatic heterocycles. The molecule has 0 aromatic carbocycles. The Morgan fingerprint density at radius 2 is 1.93 bits per heavy atom. The van der Waals surface area contributed by atoms with E-state index in [4.69, 9.17) is 5.26 Å². The smallest absolute Gasteiger partial charge is 0.0638 e. The van der Waals surface area contributed by atoms with Gasteiger partial charge in [0.05, 0.1) is 12.5 Å². The molecule has 0 radical (unpaired) electrons. The van der Waals surface area contributed by atoms with E-state index in [-0.39, 0.29) is 0 Å². The monoisotopic (exact) mass is 209 g/mol. The van der Waals surface area contributed by atoms with Crippen LogP contribution in [0.2, 0.25) is 0 Å². The average molecular weight is 209 g/mol. The highest BCUT2D eigenvalue weighted by atomic mass is 15.2. The lowest BCUT2D eigenvalue weighted by Crippen LogP contribution is -2.57. The second-order valence-electron chi connectivity index (χ2n) is 5.10. The van der Waals surface area contributed by atoms with E-state index in [0.717, 1.165) is 6.54 Å². The summed E-state index contributed by atoms with van der Waals surface area (Å²) in [4.78, 5) is 4.68. The van der Waals surface area contributed by atoms with Crippen LogP contribution in [0.25, 0.3) is 0 Å². The van der Waals surface area contributed by atoms with Gasteiger partial charge in [0.25, 0.3) is 0 Å². The summed E-state index contributed by atoms with van der Waals surface area (Å²) in [6.07, 6.45) is 4.56. The van der Waals surface area contributed by atoms with Gasteiger partial charge in [0.15, 0.2) is 0 Å². The Morgan fingerprint density at radius 1 is 1.33 bits per heavy atom. The van der Waals surface area contributed by atoms with Crippen LogP contribution in [0.15, 0.2) is 0 Å². The molecule has 3 heteroatoms. The number of nitrogens with zero attached hydrogens (tertiary/aromatic N) is 3. The standard InChI is InChI=1S/C12H23N3/c1-11(6-9-13)15(4)10-12(14(2)3)7-5-8-12/h11H,5-8,10H2,1-4H3. The van der Waals surface area contributed by atoms with Gasteiger partial charge in [-0.2, -0.15) is 5.26 Å². The van der Waals surface area contributed by atoms with Crippen molar-refractivity contribution in [1.29, 1.82) is 5.26 Å². The van der Waals surface area contributed by atoms with Gasteiger partial charge in [-0.3, -0.25) is 0 Å². The van der Waals surface area contributed by atoms with Crippen molar-refractivity contribution in [3.05, 3.63) is 0 Å². The van der Waals surface area contributed by atoms with Crippen LogP contribution >= 0.6 is 0 Å². The molecule has 0 bridgehead atoms. The SMILES string of the molecule is CC(CC#N)N(C)CC1(N(C)C)CCC1. The second-order valence-corrected chi connectivity index (χ2v) is 5.10. The topological polar surface area (TPSA) is 30.3 Å². The van der Waals surface area contributed by atoms with Gasteiger partial charge in [-0.05, 0) is 47.3 Å². The normalized spacial score (nSPS) is 21.1. The third-order valence-corrected chi connectivity index (χ3v) is 3.92. The van der Waals surface area contributed by atoms with E-state index < -0.39 is 0 Å². The van der Waals surface area contributed by atoms with Crippen LogP contribution in [0.1, 0.15) is 32.6 Å². The summed E-state index contributed by atoms with van der Waals surface area (Å²) in [5.74, 6) is 0. The minimum absolute atomic E-state index is 0.368. The fourth-order valence-electron chi connectivity index (χ4n) is 2.24. The van der Waals surface area contributed by atoms with Crippen molar-refractivity contribution in [2.24, 2.45) is 0 Å². The molecule has 1 fully saturated rings. The Bertz CT molecular complexity index is 238. The molecule has 1 saturated carbocycles. The fourth-order valence-corrected chi connectivity index (χ4v) is 2.24. The van der Waals surface area contributed by atoms with Crippen LogP contribution in [0, 0.1) is 11.3 Å². The van der Waals surface area contributed by atoms with Gasteiger partial charge >= 0.3 is 0 Å². The molecule has 0 amide bonds. The molecular weight excluding hydrogens is 186 g/mol. The number of hydrogen-bond donors (Lipinski definition) is 0. The largest absolute Gasteiger partial charge is 0.302 e. The number of hydrogen-bond acceptors (Lipinski definition) is 3. The Hall–Kier alpha value is -0.590. The maximum absolute atomic E-state index is 8.68. The van der Waals surface area contributed by atoms with Crippen molar-refractivity contribution >= 4 is 0 Å². The third-order valence-electron chi connectivity index (χ3n) is 3.92. The van der Waals surface area contributed by atoms with Crippen molar-refractivity contribution in [3.8, 4) is 6.07 Å². The van der Waals surface area contributed by atoms with Gasteiger partial charge in [-0.15, -0.1) is 0 Å². The quantitative estimate of drug-likeness (QED) is 0.690. The summed E-state index contributed by atoms with van der Waals surface area (Å²) in [5, 5.41) is 8.68. The van der Waals surface area contributed by atoms with Crippen LogP contribution in [0.5, 0.6) is 0 Å². The molecule has 0 saturated heterocycles. The van der Waals surface area contributed by atoms with Gasteiger partial charge < -0.3 is 9.80 Å². The molecule has 0 heterocycles. The molecule has 1 aliphatic carbocycles. The van der Waals surface area contributed by atoms with Gasteiger partial charge in [-0.1, -0.05) is 0 Å². The van der Waals surface area contributed by atoms with E-state index in [1.807, 2.05) is 0 Å². The minimum atomic E-state index is 0.368. The molecular formula is C12H23N3. The Morgan fingerprint density at radius 3 is 2.27 bits per heavy atom. The van der Waals surface area contributed by atoms with Crippen LogP contribution in [-0.2, 0) is 0 Å². The number of nitriles is 1. The zero-order valence-electron chi connectivity index (χ0n) is 10.5. The lowest BCUT2D eigenvalue weighted by atomic mass is 9.75. The summed E-state index contributed by atoms with van der Waals surface area (Å²) in [6.45, 7) is 3.22. The van der Waals surface area contributed by atoms with E-state index in [0.29, 0.717) is 18.0 Å². The van der Waals surface area contributed by atoms with Crippen molar-refractivity contribution in [1.82, 2.24) is 9.80 Å². The highest BCUT2D eigenvalue weighted by Gasteiger charge is 2.40. The van der Waals surface area contributed by atoms with Gasteiger partial charge in [0.2, 0.25) is 0 Å². The molecule has 0 aromatic rings. The summed E-state index contributed by atoms with van der Waals surface area (Å²) in [6, 6.07) is 2.61. The van der Waals surface area contributed by atoms with Crippen molar-refractivity contribution in [2.75, 3.05) is 27.7 Å². The molecule has 0 spiro atoms. The minimum Gasteiger partial charge on any atom is -0.302 e. The predicted molar refractivity (Wildman–Crippen MR) is 62.6 cm³/mol. The summed E-state index contributed by atoms with van der Waals surface area (Å²) in [5.41, 5.74) is 0.373. The zero-order chi connectivity index (χ0) is 11.5. The average Bonchev–Trinajstić information content (AvgIpc) is 2.10. The van der Waals surface area contributed by atoms with E-state index in [2.05, 4.69) is 43.9 Å². The van der Waals surface area contributed by atoms with Crippen molar-refractivity contribution in [3.63, 3.8) is 0 Å². The van der Waals surface area contributed by atoms with Crippen molar-refractivity contribution < 1.29 is 0 Å². The van der Waals surface area contributed by atoms with Gasteiger partial charge in [0.1, 0.15) is 0 Å². The highest BCUT2D eigenvalue weighted by molar-refractivity contribution is 4.98. The molecule has 1 unspecified atom stereocenters. The first-order chi connectivity index (χ1) is 7.02. The number of likely N-dealkylation sites (N-methyl/N-ethyl adjacent to an activating group) is 2. The maximum Gasteiger partial charge on any atom is 0.0638 e. The fraction of sp³-hybridized carbons (Fsp3) is 0.917. The first-order valence-corrected chi connectivity index (χ1v) is 5.76. The van der Waals surface area contributed by atoms with Crippen LogP contribution in [-0.4, -0.2) is 49.1 Å². The molecule has 0 N–H and O–H groups in total. The highest BCUT2D eigenvalue weighted by Crippen LogP contribution is 2.36. The second kappa shape index (κ2) is 4.96. The summed E-state index contributed by atoms with van der Waals surface area (Å²) < 4.78 is 0. The third kappa shape index (κ3) is 2.70. The molecule has 86 valence electrons. The molecule has 3 nitrogen and oxygen atoms in total. The van der Waals surface area contributed by atoms with Gasteiger partial charge in [0, 0.05) is 18.1 Å². The first-order valence-electron chi connectivity index (χ1n) is 5.76. The van der Waals surface area contributed by atoms with Crippen LogP contribution < -0.4 is 0 Å². The summed E-state index contributed by atoms with van der Waals surface area (Å²) >= 11 is 0. The van der Waals surface area contributed by atoms with E-state index >= 15 is 0 Å². The molecule has 1 aliphatic rings. The van der Waals surface area contributed by atoms with Crippen LogP contribution in [0.4, 0.5) is 0 Å². The summed E-state index contributed by atoms with van der Waals surface area (Å²) in [7, 11) is 6.47. The predicted octanol–water partition coefficient (Wildman–Crippen LogP) is 1.70. The lowest BCUT2D eigenvalue weighted by molar-refractivity contribution is 0.0187. The Balaban J connectivity index is 2.49. The van der Waals surface area contributed by atoms with Crippen LogP contribution in [0.3, 0.4) is 0 Å². The van der Waals surface area contributed by atoms with E-state index in [9.17, 15) is 0 Å². The first kappa shape index (κ1) is 12.5. The molecule has 1 rings (SSSR count). The Kier molecular flexibility index (Phi) is 4.12.